The Hall–Kier alpha value is -1.27. The maximum atomic E-state index is 12.6. The Morgan fingerprint density at radius 3 is 2.60 bits per heavy atom. The molecular formula is C8H9ClF2N2O2. The van der Waals surface area contributed by atoms with E-state index in [1.54, 1.807) is 0 Å². The lowest BCUT2D eigenvalue weighted by molar-refractivity contribution is -0.385. The van der Waals surface area contributed by atoms with Crippen LogP contribution in [0.1, 0.15) is 11.6 Å². The molecule has 0 amide bonds. The highest BCUT2D eigenvalue weighted by Gasteiger charge is 2.19. The summed E-state index contributed by atoms with van der Waals surface area (Å²) in [7, 11) is 0. The van der Waals surface area contributed by atoms with Crippen LogP contribution >= 0.6 is 12.4 Å². The zero-order chi connectivity index (χ0) is 10.7. The van der Waals surface area contributed by atoms with Crippen molar-refractivity contribution in [3.05, 3.63) is 39.7 Å². The second-order valence-corrected chi connectivity index (χ2v) is 2.72. The number of alkyl halides is 1. The zero-order valence-corrected chi connectivity index (χ0v) is 8.34. The van der Waals surface area contributed by atoms with Gasteiger partial charge in [0, 0.05) is 5.56 Å². The third-order valence-corrected chi connectivity index (χ3v) is 1.75. The lowest BCUT2D eigenvalue weighted by atomic mass is 10.1. The molecular weight excluding hydrogens is 230 g/mol. The topological polar surface area (TPSA) is 69.2 Å². The Balaban J connectivity index is 0.00000196. The van der Waals surface area contributed by atoms with Gasteiger partial charge < -0.3 is 5.73 Å². The van der Waals surface area contributed by atoms with Crippen molar-refractivity contribution >= 4 is 18.1 Å². The zero-order valence-electron chi connectivity index (χ0n) is 7.52. The van der Waals surface area contributed by atoms with Crippen LogP contribution in [0.5, 0.6) is 0 Å². The van der Waals surface area contributed by atoms with Crippen molar-refractivity contribution in [2.24, 2.45) is 5.73 Å². The van der Waals surface area contributed by atoms with Gasteiger partial charge in [-0.15, -0.1) is 12.4 Å². The molecule has 0 spiro atoms. The molecule has 0 fully saturated rings. The minimum Gasteiger partial charge on any atom is -0.322 e. The van der Waals surface area contributed by atoms with Crippen LogP contribution in [0.3, 0.4) is 0 Å². The van der Waals surface area contributed by atoms with Gasteiger partial charge in [-0.25, -0.2) is 8.78 Å². The minimum atomic E-state index is -1.09. The molecule has 0 unspecified atom stereocenters. The summed E-state index contributed by atoms with van der Waals surface area (Å²) < 4.78 is 24.8. The molecule has 0 saturated carbocycles. The van der Waals surface area contributed by atoms with E-state index in [0.29, 0.717) is 0 Å². The SMILES string of the molecule is Cl.N[C@@H](CF)c1ccc(F)cc1[N+](=O)[O-]. The Morgan fingerprint density at radius 2 is 2.13 bits per heavy atom. The standard InChI is InChI=1S/C8H8F2N2O2.ClH/c9-4-7(11)6-2-1-5(10)3-8(6)12(13)14;/h1-3,7H,4,11H2;1H/t7-;/m0./s1. The molecule has 15 heavy (non-hydrogen) atoms. The van der Waals surface area contributed by atoms with Gasteiger partial charge >= 0.3 is 0 Å². The highest BCUT2D eigenvalue weighted by Crippen LogP contribution is 2.24. The second kappa shape index (κ2) is 5.57. The molecule has 0 bridgehead atoms. The number of nitro groups is 1. The van der Waals surface area contributed by atoms with Crippen LogP contribution in [0.4, 0.5) is 14.5 Å². The van der Waals surface area contributed by atoms with E-state index >= 15 is 0 Å². The van der Waals surface area contributed by atoms with Crippen LogP contribution in [0, 0.1) is 15.9 Å². The highest BCUT2D eigenvalue weighted by atomic mass is 35.5. The molecule has 0 heterocycles. The van der Waals surface area contributed by atoms with Crippen LogP contribution < -0.4 is 5.73 Å². The van der Waals surface area contributed by atoms with E-state index in [4.69, 9.17) is 5.73 Å². The summed E-state index contributed by atoms with van der Waals surface area (Å²) in [5, 5.41) is 10.5. The lowest BCUT2D eigenvalue weighted by Crippen LogP contribution is -2.14. The summed E-state index contributed by atoms with van der Waals surface area (Å²) in [4.78, 5) is 9.67. The number of nitrogens with zero attached hydrogens (tertiary/aromatic N) is 1. The van der Waals surface area contributed by atoms with E-state index < -0.39 is 29.1 Å². The van der Waals surface area contributed by atoms with Crippen LogP contribution in [-0.2, 0) is 0 Å². The maximum absolute atomic E-state index is 12.6. The van der Waals surface area contributed by atoms with Gasteiger partial charge in [-0.2, -0.15) is 0 Å². The van der Waals surface area contributed by atoms with Gasteiger partial charge in [-0.1, -0.05) is 0 Å². The van der Waals surface area contributed by atoms with Crippen molar-refractivity contribution in [1.82, 2.24) is 0 Å². The molecule has 1 rings (SSSR count). The van der Waals surface area contributed by atoms with E-state index in [0.717, 1.165) is 18.2 Å². The van der Waals surface area contributed by atoms with Gasteiger partial charge in [0.15, 0.2) is 0 Å². The fourth-order valence-corrected chi connectivity index (χ4v) is 1.07. The summed E-state index contributed by atoms with van der Waals surface area (Å²) in [5.41, 5.74) is 4.79. The van der Waals surface area contributed by atoms with Gasteiger partial charge in [-0.05, 0) is 12.1 Å². The Bertz CT molecular complexity index is 362. The fraction of sp³-hybridized carbons (Fsp3) is 0.250. The number of benzene rings is 1. The number of hydrogen-bond acceptors (Lipinski definition) is 3. The molecule has 4 nitrogen and oxygen atoms in total. The maximum Gasteiger partial charge on any atom is 0.277 e. The molecule has 0 aliphatic heterocycles. The number of nitro benzene ring substituents is 1. The van der Waals surface area contributed by atoms with Crippen molar-refractivity contribution in [1.29, 1.82) is 0 Å². The van der Waals surface area contributed by atoms with Crippen LogP contribution in [0.15, 0.2) is 18.2 Å². The third kappa shape index (κ3) is 3.10. The molecule has 84 valence electrons. The van der Waals surface area contributed by atoms with Gasteiger partial charge in [0.1, 0.15) is 12.5 Å². The molecule has 0 saturated heterocycles. The number of halogens is 3. The van der Waals surface area contributed by atoms with Crippen LogP contribution in [0.25, 0.3) is 0 Å². The van der Waals surface area contributed by atoms with E-state index in [1.807, 2.05) is 0 Å². The first-order valence-electron chi connectivity index (χ1n) is 3.81. The summed E-state index contributed by atoms with van der Waals surface area (Å²) in [6.45, 7) is -0.924. The van der Waals surface area contributed by atoms with E-state index in [2.05, 4.69) is 0 Å². The predicted molar refractivity (Wildman–Crippen MR) is 53.2 cm³/mol. The average Bonchev–Trinajstić information content (AvgIpc) is 2.16. The van der Waals surface area contributed by atoms with E-state index in [9.17, 15) is 18.9 Å². The Labute approximate surface area is 90.6 Å². The Kier molecular flexibility index (Phi) is 5.10. The summed E-state index contributed by atoms with van der Waals surface area (Å²) in [6, 6.07) is 1.77. The first-order valence-corrected chi connectivity index (χ1v) is 3.81. The molecule has 1 aromatic carbocycles. The predicted octanol–water partition coefficient (Wildman–Crippen LogP) is 2.12. The van der Waals surface area contributed by atoms with Crippen LogP contribution in [-0.4, -0.2) is 11.6 Å². The quantitative estimate of drug-likeness (QED) is 0.648. The summed E-state index contributed by atoms with van der Waals surface area (Å²) >= 11 is 0. The monoisotopic (exact) mass is 238 g/mol. The van der Waals surface area contributed by atoms with Gasteiger partial charge in [0.25, 0.3) is 5.69 Å². The fourth-order valence-electron chi connectivity index (χ4n) is 1.07. The summed E-state index contributed by atoms with van der Waals surface area (Å²) in [6.07, 6.45) is 0. The molecule has 0 aliphatic carbocycles. The molecule has 2 N–H and O–H groups in total. The molecule has 0 aromatic heterocycles. The molecule has 1 atom stereocenters. The molecule has 1 aromatic rings. The highest BCUT2D eigenvalue weighted by molar-refractivity contribution is 5.85. The lowest BCUT2D eigenvalue weighted by Gasteiger charge is -2.07. The smallest absolute Gasteiger partial charge is 0.277 e. The minimum absolute atomic E-state index is 0. The second-order valence-electron chi connectivity index (χ2n) is 2.72. The van der Waals surface area contributed by atoms with Crippen molar-refractivity contribution in [2.45, 2.75) is 6.04 Å². The van der Waals surface area contributed by atoms with Gasteiger partial charge in [0.05, 0.1) is 17.0 Å². The van der Waals surface area contributed by atoms with Crippen molar-refractivity contribution in [3.8, 4) is 0 Å². The van der Waals surface area contributed by atoms with Crippen molar-refractivity contribution in [3.63, 3.8) is 0 Å². The first kappa shape index (κ1) is 13.7. The normalized spacial score (nSPS) is 11.7. The average molecular weight is 239 g/mol. The third-order valence-electron chi connectivity index (χ3n) is 1.75. The number of nitrogens with two attached hydrogens (primary N) is 1. The number of rotatable bonds is 3. The molecule has 0 radical (unpaired) electrons. The van der Waals surface area contributed by atoms with Crippen molar-refractivity contribution < 1.29 is 13.7 Å². The van der Waals surface area contributed by atoms with E-state index in [-0.39, 0.29) is 18.0 Å². The van der Waals surface area contributed by atoms with Crippen molar-refractivity contribution in [2.75, 3.05) is 6.67 Å². The van der Waals surface area contributed by atoms with Gasteiger partial charge in [0.2, 0.25) is 0 Å². The van der Waals surface area contributed by atoms with Crippen LogP contribution in [0.2, 0.25) is 0 Å². The Morgan fingerprint density at radius 1 is 1.53 bits per heavy atom. The molecule has 0 aliphatic rings. The largest absolute Gasteiger partial charge is 0.322 e. The molecule has 7 heteroatoms. The van der Waals surface area contributed by atoms with E-state index in [1.165, 1.54) is 0 Å². The number of hydrogen-bond donors (Lipinski definition) is 1. The van der Waals surface area contributed by atoms with Gasteiger partial charge in [-0.3, -0.25) is 10.1 Å². The summed E-state index contributed by atoms with van der Waals surface area (Å²) in [5.74, 6) is -0.744. The first-order chi connectivity index (χ1) is 6.56.